The highest BCUT2D eigenvalue weighted by atomic mass is 16.5. The minimum Gasteiger partial charge on any atom is -0.394 e. The zero-order chi connectivity index (χ0) is 11.8. The minimum absolute atomic E-state index is 0.0167. The average molecular weight is 227 g/mol. The van der Waals surface area contributed by atoms with Crippen LogP contribution in [0.5, 0.6) is 0 Å². The number of aliphatic hydroxyl groups excluding tert-OH is 1. The van der Waals surface area contributed by atoms with Gasteiger partial charge in [0.25, 0.3) is 0 Å². The van der Waals surface area contributed by atoms with Crippen LogP contribution in [0.2, 0.25) is 0 Å². The van der Waals surface area contributed by atoms with Crippen molar-refractivity contribution in [1.29, 1.82) is 0 Å². The molecule has 1 aliphatic carbocycles. The third kappa shape index (κ3) is 2.01. The number of hydrogen-bond donors (Lipinski definition) is 1. The van der Waals surface area contributed by atoms with Crippen molar-refractivity contribution in [2.45, 2.75) is 69.7 Å². The fourth-order valence-corrected chi connectivity index (χ4v) is 3.54. The van der Waals surface area contributed by atoms with E-state index in [4.69, 9.17) is 4.74 Å². The Morgan fingerprint density at radius 3 is 2.44 bits per heavy atom. The van der Waals surface area contributed by atoms with Crippen LogP contribution in [0.4, 0.5) is 0 Å². The molecule has 0 aromatic rings. The van der Waals surface area contributed by atoms with E-state index in [1.165, 1.54) is 32.1 Å². The van der Waals surface area contributed by atoms with Gasteiger partial charge in [0.15, 0.2) is 0 Å². The summed E-state index contributed by atoms with van der Waals surface area (Å²) < 4.78 is 5.39. The van der Waals surface area contributed by atoms with Gasteiger partial charge in [0.2, 0.25) is 0 Å². The second kappa shape index (κ2) is 4.63. The number of aliphatic hydroxyl groups is 1. The number of ether oxygens (including phenoxy) is 1. The van der Waals surface area contributed by atoms with E-state index in [2.05, 4.69) is 18.7 Å². The van der Waals surface area contributed by atoms with Gasteiger partial charge in [-0.2, -0.15) is 0 Å². The Kier molecular flexibility index (Phi) is 3.57. The Morgan fingerprint density at radius 1 is 1.31 bits per heavy atom. The summed E-state index contributed by atoms with van der Waals surface area (Å²) in [5, 5.41) is 9.33. The number of rotatable bonds is 4. The van der Waals surface area contributed by atoms with Crippen LogP contribution in [0.3, 0.4) is 0 Å². The first-order chi connectivity index (χ1) is 7.62. The second-order valence-electron chi connectivity index (χ2n) is 5.75. The van der Waals surface area contributed by atoms with Crippen molar-refractivity contribution in [3.63, 3.8) is 0 Å². The molecule has 1 saturated heterocycles. The summed E-state index contributed by atoms with van der Waals surface area (Å²) in [6, 6.07) is 1.13. The van der Waals surface area contributed by atoms with E-state index in [0.29, 0.717) is 6.04 Å². The standard InChI is InChI=1S/C13H25NO2/c1-13(2)12(11(9-15)16-3)14(13)10-7-5-4-6-8-10/h10-12,15H,4-9H2,1-3H3/t11-,12+,14?/m1/s1. The van der Waals surface area contributed by atoms with Gasteiger partial charge < -0.3 is 9.84 Å². The van der Waals surface area contributed by atoms with Crippen LogP contribution in [0.15, 0.2) is 0 Å². The van der Waals surface area contributed by atoms with Gasteiger partial charge >= 0.3 is 0 Å². The highest BCUT2D eigenvalue weighted by Gasteiger charge is 2.61. The summed E-state index contributed by atoms with van der Waals surface area (Å²) >= 11 is 0. The smallest absolute Gasteiger partial charge is 0.0974 e. The predicted octanol–water partition coefficient (Wildman–Crippen LogP) is 1.79. The summed E-state index contributed by atoms with van der Waals surface area (Å²) in [6.07, 6.45) is 6.74. The number of hydrogen-bond acceptors (Lipinski definition) is 3. The molecule has 1 N–H and O–H groups in total. The molecule has 2 rings (SSSR count). The van der Waals surface area contributed by atoms with E-state index in [1.807, 2.05) is 0 Å². The van der Waals surface area contributed by atoms with Gasteiger partial charge in [-0.25, -0.2) is 0 Å². The van der Waals surface area contributed by atoms with E-state index in [9.17, 15) is 5.11 Å². The normalized spacial score (nSPS) is 36.0. The van der Waals surface area contributed by atoms with Gasteiger partial charge in [0.1, 0.15) is 0 Å². The minimum atomic E-state index is -0.0167. The molecule has 16 heavy (non-hydrogen) atoms. The van der Waals surface area contributed by atoms with Gasteiger partial charge in [0, 0.05) is 18.7 Å². The lowest BCUT2D eigenvalue weighted by Crippen LogP contribution is -2.30. The molecular weight excluding hydrogens is 202 g/mol. The Hall–Kier alpha value is -0.120. The molecular formula is C13H25NO2. The lowest BCUT2D eigenvalue weighted by molar-refractivity contribution is 0.0346. The second-order valence-corrected chi connectivity index (χ2v) is 5.75. The summed E-state index contributed by atoms with van der Waals surface area (Å²) in [7, 11) is 1.70. The molecule has 1 heterocycles. The van der Waals surface area contributed by atoms with Gasteiger partial charge in [-0.05, 0) is 26.7 Å². The van der Waals surface area contributed by atoms with Crippen LogP contribution in [0, 0.1) is 0 Å². The average Bonchev–Trinajstić information content (AvgIpc) is 2.85. The van der Waals surface area contributed by atoms with Gasteiger partial charge in [-0.3, -0.25) is 4.90 Å². The van der Waals surface area contributed by atoms with Crippen LogP contribution in [-0.2, 0) is 4.74 Å². The molecule has 3 atom stereocenters. The number of nitrogens with zero attached hydrogens (tertiary/aromatic N) is 1. The molecule has 3 heteroatoms. The summed E-state index contributed by atoms with van der Waals surface area (Å²) in [5.74, 6) is 0. The van der Waals surface area contributed by atoms with Crippen LogP contribution in [0.1, 0.15) is 46.0 Å². The molecule has 2 aliphatic rings. The molecule has 3 nitrogen and oxygen atoms in total. The van der Waals surface area contributed by atoms with Crippen molar-refractivity contribution in [2.75, 3.05) is 13.7 Å². The fraction of sp³-hybridized carbons (Fsp3) is 1.00. The van der Waals surface area contributed by atoms with E-state index < -0.39 is 0 Å². The van der Waals surface area contributed by atoms with Crippen LogP contribution < -0.4 is 0 Å². The topological polar surface area (TPSA) is 32.5 Å². The first-order valence-electron chi connectivity index (χ1n) is 6.55. The van der Waals surface area contributed by atoms with Crippen molar-refractivity contribution in [1.82, 2.24) is 4.90 Å². The van der Waals surface area contributed by atoms with Gasteiger partial charge in [-0.15, -0.1) is 0 Å². The highest BCUT2D eigenvalue weighted by Crippen LogP contribution is 2.48. The Bertz CT molecular complexity index is 232. The maximum atomic E-state index is 9.33. The van der Waals surface area contributed by atoms with Crippen molar-refractivity contribution in [2.24, 2.45) is 0 Å². The lowest BCUT2D eigenvalue weighted by Gasteiger charge is -2.25. The molecule has 2 fully saturated rings. The van der Waals surface area contributed by atoms with E-state index in [0.717, 1.165) is 6.04 Å². The maximum absolute atomic E-state index is 9.33. The Balaban J connectivity index is 2.00. The first-order valence-corrected chi connectivity index (χ1v) is 6.55. The first kappa shape index (κ1) is 12.3. The molecule has 94 valence electrons. The Morgan fingerprint density at radius 2 is 1.94 bits per heavy atom. The maximum Gasteiger partial charge on any atom is 0.0974 e. The molecule has 1 saturated carbocycles. The third-order valence-corrected chi connectivity index (χ3v) is 4.42. The highest BCUT2D eigenvalue weighted by molar-refractivity contribution is 5.17. The Labute approximate surface area is 98.8 Å². The van der Waals surface area contributed by atoms with Gasteiger partial charge in [-0.1, -0.05) is 19.3 Å². The molecule has 0 amide bonds. The molecule has 0 aromatic carbocycles. The summed E-state index contributed by atoms with van der Waals surface area (Å²) in [6.45, 7) is 4.68. The summed E-state index contributed by atoms with van der Waals surface area (Å²) in [5.41, 5.74) is 0.214. The molecule has 1 aliphatic heterocycles. The fourth-order valence-electron chi connectivity index (χ4n) is 3.54. The van der Waals surface area contributed by atoms with E-state index in [-0.39, 0.29) is 18.2 Å². The van der Waals surface area contributed by atoms with Crippen molar-refractivity contribution in [3.8, 4) is 0 Å². The zero-order valence-electron chi connectivity index (χ0n) is 10.8. The zero-order valence-corrected chi connectivity index (χ0v) is 10.8. The quantitative estimate of drug-likeness (QED) is 0.743. The van der Waals surface area contributed by atoms with E-state index >= 15 is 0 Å². The molecule has 0 bridgehead atoms. The van der Waals surface area contributed by atoms with Crippen LogP contribution in [0.25, 0.3) is 0 Å². The van der Waals surface area contributed by atoms with Crippen LogP contribution in [-0.4, -0.2) is 47.4 Å². The molecule has 1 unspecified atom stereocenters. The van der Waals surface area contributed by atoms with Crippen LogP contribution >= 0.6 is 0 Å². The molecule has 0 spiro atoms. The van der Waals surface area contributed by atoms with Crippen molar-refractivity contribution < 1.29 is 9.84 Å². The molecule has 0 radical (unpaired) electrons. The summed E-state index contributed by atoms with van der Waals surface area (Å²) in [4.78, 5) is 2.57. The van der Waals surface area contributed by atoms with Crippen molar-refractivity contribution in [3.05, 3.63) is 0 Å². The molecule has 0 aromatic heterocycles. The number of methoxy groups -OCH3 is 1. The largest absolute Gasteiger partial charge is 0.394 e. The predicted molar refractivity (Wildman–Crippen MR) is 64.5 cm³/mol. The SMILES string of the molecule is CO[C@H](CO)[C@@H]1N(C2CCCCC2)C1(C)C. The third-order valence-electron chi connectivity index (χ3n) is 4.42. The van der Waals surface area contributed by atoms with Crippen molar-refractivity contribution >= 4 is 0 Å². The lowest BCUT2D eigenvalue weighted by atomic mass is 9.95. The van der Waals surface area contributed by atoms with Gasteiger partial charge in [0.05, 0.1) is 18.8 Å². The van der Waals surface area contributed by atoms with E-state index in [1.54, 1.807) is 7.11 Å². The monoisotopic (exact) mass is 227 g/mol.